The van der Waals surface area contributed by atoms with Crippen LogP contribution < -0.4 is 10.6 Å². The quantitative estimate of drug-likeness (QED) is 0.460. The standard InChI is InChI=1S/C27H45N3O4/c1-10-14-20(6)28-24(31)23(21-15-12-11-13-16-21)30(19(4)5)25(32)22(17-18(2)3)29-26(33)34-27(7,8)9/h11-13,15-16,18-20,22-23H,10,14,17H2,1-9H3,(H,28,31)(H,29,33). The van der Waals surface area contributed by atoms with Gasteiger partial charge in [-0.1, -0.05) is 57.5 Å². The van der Waals surface area contributed by atoms with Crippen LogP contribution in [-0.4, -0.2) is 46.5 Å². The van der Waals surface area contributed by atoms with Gasteiger partial charge in [-0.25, -0.2) is 4.79 Å². The predicted octanol–water partition coefficient (Wildman–Crippen LogP) is 5.21. The molecule has 0 spiro atoms. The molecule has 0 aliphatic rings. The fourth-order valence-electron chi connectivity index (χ4n) is 3.90. The number of carbonyl (C=O) groups excluding carboxylic acids is 3. The molecule has 0 heterocycles. The molecule has 0 aliphatic heterocycles. The Hall–Kier alpha value is -2.57. The lowest BCUT2D eigenvalue weighted by atomic mass is 9.97. The highest BCUT2D eigenvalue weighted by molar-refractivity contribution is 5.92. The summed E-state index contributed by atoms with van der Waals surface area (Å²) in [6, 6.07) is 7.39. The maximum absolute atomic E-state index is 13.9. The molecule has 3 atom stereocenters. The van der Waals surface area contributed by atoms with Crippen molar-refractivity contribution < 1.29 is 19.1 Å². The minimum Gasteiger partial charge on any atom is -0.444 e. The number of alkyl carbamates (subject to hydrolysis) is 1. The van der Waals surface area contributed by atoms with Gasteiger partial charge in [-0.15, -0.1) is 0 Å². The summed E-state index contributed by atoms with van der Waals surface area (Å²) in [5.74, 6) is -0.386. The van der Waals surface area contributed by atoms with E-state index in [-0.39, 0.29) is 29.8 Å². The minimum absolute atomic E-state index is 0.0147. The molecule has 0 bridgehead atoms. The van der Waals surface area contributed by atoms with Crippen LogP contribution in [0.25, 0.3) is 0 Å². The Morgan fingerprint density at radius 1 is 0.971 bits per heavy atom. The Morgan fingerprint density at radius 3 is 2.03 bits per heavy atom. The number of carbonyl (C=O) groups is 3. The lowest BCUT2D eigenvalue weighted by Gasteiger charge is -2.38. The topological polar surface area (TPSA) is 87.7 Å². The normalized spacial score (nSPS) is 14.3. The Morgan fingerprint density at radius 2 is 1.56 bits per heavy atom. The molecule has 2 N–H and O–H groups in total. The van der Waals surface area contributed by atoms with Crippen LogP contribution in [0, 0.1) is 5.92 Å². The molecule has 3 amide bonds. The van der Waals surface area contributed by atoms with Gasteiger partial charge in [0.05, 0.1) is 0 Å². The van der Waals surface area contributed by atoms with E-state index in [1.165, 1.54) is 0 Å². The van der Waals surface area contributed by atoms with Gasteiger partial charge in [-0.2, -0.15) is 0 Å². The molecule has 1 aromatic rings. The van der Waals surface area contributed by atoms with E-state index >= 15 is 0 Å². The molecule has 0 saturated carbocycles. The SMILES string of the molecule is CCCC(C)NC(=O)C(c1ccccc1)N(C(=O)C(CC(C)C)NC(=O)OC(C)(C)C)C(C)C. The highest BCUT2D eigenvalue weighted by Gasteiger charge is 2.38. The number of benzene rings is 1. The first-order valence-electron chi connectivity index (χ1n) is 12.4. The van der Waals surface area contributed by atoms with Crippen molar-refractivity contribution in [1.29, 1.82) is 0 Å². The van der Waals surface area contributed by atoms with Crippen molar-refractivity contribution in [2.75, 3.05) is 0 Å². The van der Waals surface area contributed by atoms with Gasteiger partial charge in [0.2, 0.25) is 11.8 Å². The van der Waals surface area contributed by atoms with Crippen molar-refractivity contribution in [3.05, 3.63) is 35.9 Å². The highest BCUT2D eigenvalue weighted by Crippen LogP contribution is 2.26. The number of rotatable bonds is 11. The zero-order valence-electron chi connectivity index (χ0n) is 22.5. The maximum Gasteiger partial charge on any atom is 0.408 e. The Bertz CT molecular complexity index is 787. The average molecular weight is 476 g/mol. The van der Waals surface area contributed by atoms with E-state index < -0.39 is 23.8 Å². The van der Waals surface area contributed by atoms with Crippen LogP contribution in [0.15, 0.2) is 30.3 Å². The first kappa shape index (κ1) is 29.5. The fraction of sp³-hybridized carbons (Fsp3) is 0.667. The lowest BCUT2D eigenvalue weighted by molar-refractivity contribution is -0.145. The largest absolute Gasteiger partial charge is 0.444 e. The predicted molar refractivity (Wildman–Crippen MR) is 136 cm³/mol. The molecule has 7 heteroatoms. The fourth-order valence-corrected chi connectivity index (χ4v) is 3.90. The maximum atomic E-state index is 13.9. The monoisotopic (exact) mass is 475 g/mol. The van der Waals surface area contributed by atoms with Crippen LogP contribution in [0.5, 0.6) is 0 Å². The summed E-state index contributed by atoms with van der Waals surface area (Å²) in [5.41, 5.74) is 0.0427. The summed E-state index contributed by atoms with van der Waals surface area (Å²) in [5, 5.41) is 5.84. The minimum atomic E-state index is -0.817. The molecule has 0 radical (unpaired) electrons. The van der Waals surface area contributed by atoms with Gasteiger partial charge in [-0.05, 0) is 65.9 Å². The smallest absolute Gasteiger partial charge is 0.408 e. The number of nitrogens with one attached hydrogen (secondary N) is 2. The van der Waals surface area contributed by atoms with Crippen LogP contribution in [-0.2, 0) is 14.3 Å². The van der Waals surface area contributed by atoms with Crippen molar-refractivity contribution in [1.82, 2.24) is 15.5 Å². The highest BCUT2D eigenvalue weighted by atomic mass is 16.6. The summed E-state index contributed by atoms with van der Waals surface area (Å²) >= 11 is 0. The molecule has 0 aromatic heterocycles. The second-order valence-electron chi connectivity index (χ2n) is 10.7. The van der Waals surface area contributed by atoms with Gasteiger partial charge in [0.15, 0.2) is 0 Å². The van der Waals surface area contributed by atoms with Gasteiger partial charge >= 0.3 is 6.09 Å². The van der Waals surface area contributed by atoms with Gasteiger partial charge in [0.1, 0.15) is 17.7 Å². The molecular formula is C27H45N3O4. The van der Waals surface area contributed by atoms with Crippen molar-refractivity contribution >= 4 is 17.9 Å². The van der Waals surface area contributed by atoms with E-state index in [9.17, 15) is 14.4 Å². The zero-order valence-corrected chi connectivity index (χ0v) is 22.5. The third kappa shape index (κ3) is 9.74. The van der Waals surface area contributed by atoms with E-state index in [4.69, 9.17) is 4.74 Å². The van der Waals surface area contributed by atoms with E-state index in [1.807, 2.05) is 65.0 Å². The van der Waals surface area contributed by atoms with E-state index in [2.05, 4.69) is 17.6 Å². The number of hydrogen-bond acceptors (Lipinski definition) is 4. The Kier molecular flexibility index (Phi) is 11.6. The van der Waals surface area contributed by atoms with Crippen LogP contribution in [0.2, 0.25) is 0 Å². The second-order valence-corrected chi connectivity index (χ2v) is 10.7. The first-order chi connectivity index (χ1) is 15.8. The molecule has 0 saturated heterocycles. The molecule has 0 aliphatic carbocycles. The molecular weight excluding hydrogens is 430 g/mol. The number of nitrogens with zero attached hydrogens (tertiary/aromatic N) is 1. The first-order valence-corrected chi connectivity index (χ1v) is 12.4. The lowest BCUT2D eigenvalue weighted by Crippen LogP contribution is -2.55. The molecule has 34 heavy (non-hydrogen) atoms. The molecule has 3 unspecified atom stereocenters. The molecule has 7 nitrogen and oxygen atoms in total. The summed E-state index contributed by atoms with van der Waals surface area (Å²) in [6.45, 7) is 17.1. The Labute approximate surface area is 206 Å². The average Bonchev–Trinajstić information content (AvgIpc) is 2.69. The zero-order chi connectivity index (χ0) is 26.1. The molecule has 1 aromatic carbocycles. The van der Waals surface area contributed by atoms with Gasteiger partial charge in [0.25, 0.3) is 0 Å². The van der Waals surface area contributed by atoms with Crippen LogP contribution in [0.3, 0.4) is 0 Å². The molecule has 1 rings (SSSR count). The van der Waals surface area contributed by atoms with Gasteiger partial charge in [-0.3, -0.25) is 9.59 Å². The second kappa shape index (κ2) is 13.4. The van der Waals surface area contributed by atoms with Gasteiger partial charge in [0, 0.05) is 12.1 Å². The number of ether oxygens (including phenoxy) is 1. The van der Waals surface area contributed by atoms with E-state index in [1.54, 1.807) is 25.7 Å². The van der Waals surface area contributed by atoms with Crippen molar-refractivity contribution in [3.8, 4) is 0 Å². The van der Waals surface area contributed by atoms with E-state index in [0.717, 1.165) is 18.4 Å². The summed E-state index contributed by atoms with van der Waals surface area (Å²) in [4.78, 5) is 41.6. The third-order valence-corrected chi connectivity index (χ3v) is 5.26. The van der Waals surface area contributed by atoms with Crippen molar-refractivity contribution in [2.45, 2.75) is 111 Å². The number of amides is 3. The molecule has 0 fully saturated rings. The van der Waals surface area contributed by atoms with Crippen LogP contribution >= 0.6 is 0 Å². The van der Waals surface area contributed by atoms with Crippen molar-refractivity contribution in [3.63, 3.8) is 0 Å². The Balaban J connectivity index is 3.38. The summed E-state index contributed by atoms with van der Waals surface area (Å²) < 4.78 is 5.41. The summed E-state index contributed by atoms with van der Waals surface area (Å²) in [7, 11) is 0. The third-order valence-electron chi connectivity index (χ3n) is 5.26. The van der Waals surface area contributed by atoms with Crippen molar-refractivity contribution in [2.24, 2.45) is 5.92 Å². The molecule has 192 valence electrons. The van der Waals surface area contributed by atoms with Gasteiger partial charge < -0.3 is 20.3 Å². The number of hydrogen-bond donors (Lipinski definition) is 2. The van der Waals surface area contributed by atoms with E-state index in [0.29, 0.717) is 6.42 Å². The summed E-state index contributed by atoms with van der Waals surface area (Å²) in [6.07, 6.45) is 1.57. The van der Waals surface area contributed by atoms with Crippen LogP contribution in [0.1, 0.15) is 93.2 Å². The van der Waals surface area contributed by atoms with Crippen LogP contribution in [0.4, 0.5) is 4.79 Å².